The van der Waals surface area contributed by atoms with E-state index < -0.39 is 28.8 Å². The quantitative estimate of drug-likeness (QED) is 0.212. The van der Waals surface area contributed by atoms with Crippen molar-refractivity contribution < 1.29 is 27.9 Å². The summed E-state index contributed by atoms with van der Waals surface area (Å²) < 4.78 is 46.3. The van der Waals surface area contributed by atoms with E-state index in [4.69, 9.17) is 10.5 Å². The Bertz CT molecular complexity index is 1290. The van der Waals surface area contributed by atoms with Crippen molar-refractivity contribution in [3.8, 4) is 5.75 Å². The number of nitrogens with zero attached hydrogens (tertiary/aromatic N) is 2. The van der Waals surface area contributed by atoms with Crippen LogP contribution in [0, 0.1) is 22.9 Å². The lowest BCUT2D eigenvalue weighted by molar-refractivity contribution is -0.143. The van der Waals surface area contributed by atoms with Crippen LogP contribution in [0.5, 0.6) is 5.75 Å². The van der Waals surface area contributed by atoms with Gasteiger partial charge in [-0.05, 0) is 74.5 Å². The number of hydroxylamine groups is 1. The highest BCUT2D eigenvalue weighted by Gasteiger charge is 2.40. The first-order valence-electron chi connectivity index (χ1n) is 13.0. The SMILES string of the molecule is COc1ccc2ncc(CN)c(CCCC3(C(=O)NO)CCN(CCNc4c(F)cc(F)cc4F)CC3)c2c1. The minimum atomic E-state index is -0.983. The van der Waals surface area contributed by atoms with E-state index in [0.29, 0.717) is 70.4 Å². The molecule has 0 saturated carbocycles. The molecule has 2 aromatic carbocycles. The van der Waals surface area contributed by atoms with Crippen molar-refractivity contribution in [1.82, 2.24) is 15.4 Å². The highest BCUT2D eigenvalue weighted by atomic mass is 19.1. The summed E-state index contributed by atoms with van der Waals surface area (Å²) in [7, 11) is 1.61. The summed E-state index contributed by atoms with van der Waals surface area (Å²) >= 11 is 0. The fourth-order valence-electron chi connectivity index (χ4n) is 5.43. The van der Waals surface area contributed by atoms with Crippen LogP contribution in [0.4, 0.5) is 18.9 Å². The van der Waals surface area contributed by atoms with Gasteiger partial charge < -0.3 is 20.7 Å². The van der Waals surface area contributed by atoms with Gasteiger partial charge in [-0.15, -0.1) is 0 Å². The monoisotopic (exact) mass is 545 g/mol. The maximum atomic E-state index is 13.9. The summed E-state index contributed by atoms with van der Waals surface area (Å²) in [5.41, 5.74) is 9.61. The zero-order chi connectivity index (χ0) is 28.0. The Kier molecular flexibility index (Phi) is 9.26. The molecule has 3 aromatic rings. The highest BCUT2D eigenvalue weighted by molar-refractivity contribution is 5.84. The zero-order valence-electron chi connectivity index (χ0n) is 21.9. The molecule has 1 aromatic heterocycles. The van der Waals surface area contributed by atoms with Gasteiger partial charge in [0.15, 0.2) is 11.6 Å². The predicted octanol–water partition coefficient (Wildman–Crippen LogP) is 4.14. The number of benzene rings is 2. The van der Waals surface area contributed by atoms with Crippen LogP contribution < -0.4 is 21.3 Å². The molecule has 8 nitrogen and oxygen atoms in total. The number of piperidine rings is 1. The van der Waals surface area contributed by atoms with E-state index in [9.17, 15) is 23.2 Å². The fourth-order valence-corrected chi connectivity index (χ4v) is 5.43. The van der Waals surface area contributed by atoms with Gasteiger partial charge in [-0.3, -0.25) is 15.0 Å². The lowest BCUT2D eigenvalue weighted by Crippen LogP contribution is -2.49. The Hall–Kier alpha value is -3.41. The zero-order valence-corrected chi connectivity index (χ0v) is 21.9. The number of aromatic nitrogens is 1. The van der Waals surface area contributed by atoms with Gasteiger partial charge in [0.25, 0.3) is 0 Å². The molecule has 4 rings (SSSR count). The molecule has 1 fully saturated rings. The van der Waals surface area contributed by atoms with Crippen LogP contribution in [0.25, 0.3) is 10.9 Å². The molecule has 0 aliphatic carbocycles. The van der Waals surface area contributed by atoms with E-state index in [1.807, 2.05) is 23.7 Å². The number of carbonyl (C=O) groups excluding carboxylic acids is 1. The number of fused-ring (bicyclic) bond motifs is 1. The van der Waals surface area contributed by atoms with Crippen molar-refractivity contribution in [1.29, 1.82) is 0 Å². The third-order valence-corrected chi connectivity index (χ3v) is 7.71. The van der Waals surface area contributed by atoms with Crippen LogP contribution in [-0.4, -0.2) is 54.3 Å². The maximum absolute atomic E-state index is 13.9. The van der Waals surface area contributed by atoms with Crippen LogP contribution >= 0.6 is 0 Å². The third kappa shape index (κ3) is 6.43. The number of methoxy groups -OCH3 is 1. The number of carbonyl (C=O) groups is 1. The fraction of sp³-hybridized carbons (Fsp3) is 0.429. The average Bonchev–Trinajstić information content (AvgIpc) is 2.94. The van der Waals surface area contributed by atoms with Gasteiger partial charge in [0, 0.05) is 43.4 Å². The lowest BCUT2D eigenvalue weighted by atomic mass is 9.73. The van der Waals surface area contributed by atoms with Gasteiger partial charge in [0.05, 0.1) is 18.0 Å². The summed E-state index contributed by atoms with van der Waals surface area (Å²) in [4.78, 5) is 19.4. The van der Waals surface area contributed by atoms with Crippen molar-refractivity contribution in [3.05, 3.63) is 65.1 Å². The van der Waals surface area contributed by atoms with Gasteiger partial charge in [-0.1, -0.05) is 0 Å². The van der Waals surface area contributed by atoms with Gasteiger partial charge in [-0.25, -0.2) is 18.7 Å². The second-order valence-electron chi connectivity index (χ2n) is 9.94. The first-order chi connectivity index (χ1) is 18.8. The molecule has 0 bridgehead atoms. The Labute approximate surface area is 225 Å². The molecule has 1 aliphatic heterocycles. The second-order valence-corrected chi connectivity index (χ2v) is 9.94. The van der Waals surface area contributed by atoms with Crippen LogP contribution in [-0.2, 0) is 17.8 Å². The van der Waals surface area contributed by atoms with Crippen molar-refractivity contribution >= 4 is 22.5 Å². The predicted molar refractivity (Wildman–Crippen MR) is 142 cm³/mol. The number of likely N-dealkylation sites (tertiary alicyclic amines) is 1. The average molecular weight is 546 g/mol. The molecular weight excluding hydrogens is 511 g/mol. The number of hydrogen-bond acceptors (Lipinski definition) is 7. The standard InChI is InChI=1S/C28H34F3N5O3/c1-39-20-4-5-25-22(15-20)21(18(16-32)17-34-25)3-2-6-28(27(37)35-38)7-10-36(11-8-28)12-9-33-26-23(30)13-19(29)14-24(26)31/h4-5,13-15,17,33,38H,2-3,6-12,16,32H2,1H3,(H,35,37). The minimum Gasteiger partial charge on any atom is -0.497 e. The summed E-state index contributed by atoms with van der Waals surface area (Å²) in [6.07, 6.45) is 4.77. The maximum Gasteiger partial charge on any atom is 0.249 e. The van der Waals surface area contributed by atoms with Crippen LogP contribution in [0.15, 0.2) is 36.5 Å². The molecule has 210 valence electrons. The number of nitrogens with one attached hydrogen (secondary N) is 2. The molecule has 2 heterocycles. The number of anilines is 1. The van der Waals surface area contributed by atoms with Gasteiger partial charge >= 0.3 is 0 Å². The van der Waals surface area contributed by atoms with Crippen molar-refractivity contribution in [3.63, 3.8) is 0 Å². The molecule has 39 heavy (non-hydrogen) atoms. The molecule has 1 aliphatic rings. The molecule has 11 heteroatoms. The molecule has 1 amide bonds. The molecular formula is C28H34F3N5O3. The number of halogens is 3. The van der Waals surface area contributed by atoms with E-state index in [1.165, 1.54) is 0 Å². The summed E-state index contributed by atoms with van der Waals surface area (Å²) in [6.45, 7) is 2.23. The molecule has 1 saturated heterocycles. The number of pyridine rings is 1. The number of aryl methyl sites for hydroxylation is 1. The van der Waals surface area contributed by atoms with E-state index >= 15 is 0 Å². The number of nitrogens with two attached hydrogens (primary N) is 1. The van der Waals surface area contributed by atoms with Crippen LogP contribution in [0.3, 0.4) is 0 Å². The van der Waals surface area contributed by atoms with Gasteiger partial charge in [0.2, 0.25) is 5.91 Å². The molecule has 0 unspecified atom stereocenters. The minimum absolute atomic E-state index is 0.249. The summed E-state index contributed by atoms with van der Waals surface area (Å²) in [6, 6.07) is 6.98. The first kappa shape index (κ1) is 28.6. The normalized spacial score (nSPS) is 15.3. The number of amides is 1. The number of rotatable bonds is 11. The topological polar surface area (TPSA) is 113 Å². The highest BCUT2D eigenvalue weighted by Crippen LogP contribution is 2.38. The molecule has 0 atom stereocenters. The van der Waals surface area contributed by atoms with E-state index in [-0.39, 0.29) is 12.2 Å². The Morgan fingerprint density at radius 3 is 2.54 bits per heavy atom. The van der Waals surface area contributed by atoms with E-state index in [0.717, 1.165) is 27.8 Å². The second kappa shape index (κ2) is 12.6. The number of hydrogen-bond donors (Lipinski definition) is 4. The van der Waals surface area contributed by atoms with E-state index in [1.54, 1.807) is 13.3 Å². The lowest BCUT2D eigenvalue weighted by Gasteiger charge is -2.40. The smallest absolute Gasteiger partial charge is 0.249 e. The van der Waals surface area contributed by atoms with Gasteiger partial charge in [-0.2, -0.15) is 0 Å². The third-order valence-electron chi connectivity index (χ3n) is 7.71. The molecule has 0 spiro atoms. The van der Waals surface area contributed by atoms with Crippen molar-refractivity contribution in [2.45, 2.75) is 38.6 Å². The molecule has 0 radical (unpaired) electrons. The van der Waals surface area contributed by atoms with Crippen molar-refractivity contribution in [2.24, 2.45) is 11.1 Å². The largest absolute Gasteiger partial charge is 0.497 e. The summed E-state index contributed by atoms with van der Waals surface area (Å²) in [5, 5.41) is 13.2. The Morgan fingerprint density at radius 1 is 1.18 bits per heavy atom. The van der Waals surface area contributed by atoms with Crippen LogP contribution in [0.1, 0.15) is 36.8 Å². The number of ether oxygens (including phenoxy) is 1. The van der Waals surface area contributed by atoms with Crippen LogP contribution in [0.2, 0.25) is 0 Å². The Balaban J connectivity index is 1.38. The Morgan fingerprint density at radius 2 is 1.90 bits per heavy atom. The van der Waals surface area contributed by atoms with E-state index in [2.05, 4.69) is 15.2 Å². The first-order valence-corrected chi connectivity index (χ1v) is 13.0. The summed E-state index contributed by atoms with van der Waals surface area (Å²) in [5.74, 6) is -2.62. The van der Waals surface area contributed by atoms with Crippen molar-refractivity contribution in [2.75, 3.05) is 38.6 Å². The molecule has 5 N–H and O–H groups in total. The van der Waals surface area contributed by atoms with Gasteiger partial charge in [0.1, 0.15) is 17.3 Å².